The molecule has 1 aliphatic heterocycles. The number of nitrogens with zero attached hydrogens (tertiary/aromatic N) is 1. The maximum atomic E-state index is 13.9. The SMILES string of the molecule is CC(C)(C)C1=N[C@@]2(C(C)(C)C)[C@H](c3ccccc3)[C@@]2(C(C)(C)C)C1=O. The molecule has 1 aromatic rings. The number of benzene rings is 1. The summed E-state index contributed by atoms with van der Waals surface area (Å²) < 4.78 is 0. The maximum Gasteiger partial charge on any atom is 0.186 e. The third-order valence-electron chi connectivity index (χ3n) is 6.40. The Bertz CT molecular complexity index is 739. The quantitative estimate of drug-likeness (QED) is 0.648. The first-order valence-corrected chi connectivity index (χ1v) is 9.43. The number of hydrogen-bond acceptors (Lipinski definition) is 2. The van der Waals surface area contributed by atoms with Crippen LogP contribution in [-0.2, 0) is 4.79 Å². The second kappa shape index (κ2) is 4.84. The average Bonchev–Trinajstić information content (AvgIpc) is 2.99. The van der Waals surface area contributed by atoms with Crippen molar-refractivity contribution < 1.29 is 4.79 Å². The number of fused-ring (bicyclic) bond motifs is 1. The Morgan fingerprint density at radius 3 is 1.72 bits per heavy atom. The van der Waals surface area contributed by atoms with Crippen LogP contribution < -0.4 is 0 Å². The van der Waals surface area contributed by atoms with Gasteiger partial charge in [-0.15, -0.1) is 0 Å². The zero-order valence-corrected chi connectivity index (χ0v) is 17.3. The Morgan fingerprint density at radius 2 is 1.36 bits per heavy atom. The fourth-order valence-corrected chi connectivity index (χ4v) is 5.51. The van der Waals surface area contributed by atoms with Gasteiger partial charge in [0.05, 0.1) is 16.7 Å². The van der Waals surface area contributed by atoms with Crippen LogP contribution in [0.25, 0.3) is 0 Å². The third-order valence-corrected chi connectivity index (χ3v) is 6.40. The molecule has 3 rings (SSSR count). The van der Waals surface area contributed by atoms with Crippen molar-refractivity contribution in [1.29, 1.82) is 0 Å². The van der Waals surface area contributed by atoms with Crippen LogP contribution in [0.4, 0.5) is 0 Å². The molecular formula is C23H33NO. The van der Waals surface area contributed by atoms with Gasteiger partial charge in [-0.2, -0.15) is 0 Å². The van der Waals surface area contributed by atoms with E-state index in [9.17, 15) is 4.79 Å². The molecule has 2 heteroatoms. The summed E-state index contributed by atoms with van der Waals surface area (Å²) in [6.45, 7) is 19.7. The number of rotatable bonds is 1. The predicted molar refractivity (Wildman–Crippen MR) is 105 cm³/mol. The first kappa shape index (κ1) is 18.4. The zero-order valence-electron chi connectivity index (χ0n) is 17.3. The molecule has 0 amide bonds. The van der Waals surface area contributed by atoms with Gasteiger partial charge in [-0.05, 0) is 16.4 Å². The monoisotopic (exact) mass is 339 g/mol. The fraction of sp³-hybridized carbons (Fsp3) is 0.652. The lowest BCUT2D eigenvalue weighted by atomic mass is 9.66. The van der Waals surface area contributed by atoms with E-state index in [2.05, 4.69) is 86.6 Å². The van der Waals surface area contributed by atoms with Gasteiger partial charge in [-0.25, -0.2) is 0 Å². The molecule has 136 valence electrons. The molecule has 1 heterocycles. The van der Waals surface area contributed by atoms with E-state index < -0.39 is 5.41 Å². The fourth-order valence-electron chi connectivity index (χ4n) is 5.51. The molecule has 1 aliphatic carbocycles. The lowest BCUT2D eigenvalue weighted by Crippen LogP contribution is -2.42. The summed E-state index contributed by atoms with van der Waals surface area (Å²) in [5.74, 6) is 0.427. The highest BCUT2D eigenvalue weighted by Gasteiger charge is 2.90. The lowest BCUT2D eigenvalue weighted by Gasteiger charge is -2.35. The third kappa shape index (κ3) is 2.03. The van der Waals surface area contributed by atoms with Crippen molar-refractivity contribution in [1.82, 2.24) is 0 Å². The average molecular weight is 340 g/mol. The van der Waals surface area contributed by atoms with Crippen molar-refractivity contribution in [3.05, 3.63) is 35.9 Å². The van der Waals surface area contributed by atoms with Crippen molar-refractivity contribution in [3.8, 4) is 0 Å². The standard InChI is InChI=1S/C23H33NO/c1-19(2,3)17-18(25)22(20(4,5)6)16(15-13-11-10-12-14-15)23(22,24-17)21(7,8)9/h10-14,16H,1-9H3/t16-,22+,23-/m1/s1. The van der Waals surface area contributed by atoms with Gasteiger partial charge in [-0.1, -0.05) is 92.6 Å². The number of carbonyl (C=O) groups is 1. The van der Waals surface area contributed by atoms with Gasteiger partial charge in [0.2, 0.25) is 0 Å². The Hall–Kier alpha value is -1.44. The van der Waals surface area contributed by atoms with Crippen LogP contribution in [0, 0.1) is 21.7 Å². The number of aliphatic imine (C=N–C) groups is 1. The van der Waals surface area contributed by atoms with Gasteiger partial charge < -0.3 is 0 Å². The van der Waals surface area contributed by atoms with Gasteiger partial charge in [0, 0.05) is 11.3 Å². The molecule has 1 fully saturated rings. The molecular weight excluding hydrogens is 306 g/mol. The molecule has 0 bridgehead atoms. The highest BCUT2D eigenvalue weighted by molar-refractivity contribution is 6.47. The van der Waals surface area contributed by atoms with Gasteiger partial charge in [0.1, 0.15) is 0 Å². The summed E-state index contributed by atoms with van der Waals surface area (Å²) in [5, 5.41) is 0. The number of hydrogen-bond donors (Lipinski definition) is 0. The molecule has 2 nitrogen and oxygen atoms in total. The highest BCUT2D eigenvalue weighted by atomic mass is 16.1. The summed E-state index contributed by atoms with van der Waals surface area (Å²) >= 11 is 0. The van der Waals surface area contributed by atoms with Gasteiger partial charge in [-0.3, -0.25) is 9.79 Å². The summed E-state index contributed by atoms with van der Waals surface area (Å²) in [6.07, 6.45) is 0. The van der Waals surface area contributed by atoms with E-state index in [1.807, 2.05) is 6.07 Å². The van der Waals surface area contributed by atoms with Crippen LogP contribution in [0.1, 0.15) is 73.8 Å². The molecule has 25 heavy (non-hydrogen) atoms. The molecule has 1 aromatic carbocycles. The van der Waals surface area contributed by atoms with Crippen LogP contribution in [0.2, 0.25) is 0 Å². The number of Topliss-reactive ketones (excluding diaryl/α,β-unsaturated/α-hetero) is 1. The minimum Gasteiger partial charge on any atom is -0.292 e. The topological polar surface area (TPSA) is 29.4 Å². The van der Waals surface area contributed by atoms with E-state index in [0.29, 0.717) is 0 Å². The summed E-state index contributed by atoms with van der Waals surface area (Å²) in [5.41, 5.74) is 0.739. The van der Waals surface area contributed by atoms with Crippen molar-refractivity contribution in [2.45, 2.75) is 73.8 Å². The zero-order chi connectivity index (χ0) is 19.1. The van der Waals surface area contributed by atoms with Crippen molar-refractivity contribution >= 4 is 11.5 Å². The second-order valence-corrected chi connectivity index (χ2v) is 11.0. The minimum atomic E-state index is -0.456. The van der Waals surface area contributed by atoms with E-state index in [0.717, 1.165) is 5.71 Å². The Morgan fingerprint density at radius 1 is 0.840 bits per heavy atom. The van der Waals surface area contributed by atoms with Crippen LogP contribution >= 0.6 is 0 Å². The predicted octanol–water partition coefficient (Wildman–Crippen LogP) is 5.67. The first-order chi connectivity index (χ1) is 11.2. The number of carbonyl (C=O) groups excluding carboxylic acids is 1. The molecule has 0 unspecified atom stereocenters. The molecule has 0 N–H and O–H groups in total. The second-order valence-electron chi connectivity index (χ2n) is 11.0. The molecule has 2 aliphatic rings. The van der Waals surface area contributed by atoms with E-state index in [-0.39, 0.29) is 33.5 Å². The normalized spacial score (nSPS) is 32.4. The number of ketones is 1. The molecule has 0 aromatic heterocycles. The van der Waals surface area contributed by atoms with Crippen LogP contribution in [0.5, 0.6) is 0 Å². The molecule has 1 saturated carbocycles. The van der Waals surface area contributed by atoms with E-state index in [4.69, 9.17) is 4.99 Å². The first-order valence-electron chi connectivity index (χ1n) is 9.43. The van der Waals surface area contributed by atoms with Crippen molar-refractivity contribution in [2.24, 2.45) is 26.7 Å². The molecule has 0 saturated heterocycles. The molecule has 3 atom stereocenters. The maximum absolute atomic E-state index is 13.9. The van der Waals surface area contributed by atoms with Crippen molar-refractivity contribution in [2.75, 3.05) is 0 Å². The summed E-state index contributed by atoms with van der Waals surface area (Å²) in [6, 6.07) is 10.5. The minimum absolute atomic E-state index is 0.0938. The van der Waals surface area contributed by atoms with Crippen LogP contribution in [0.15, 0.2) is 35.3 Å². The Balaban J connectivity index is 2.33. The summed E-state index contributed by atoms with van der Waals surface area (Å²) in [7, 11) is 0. The van der Waals surface area contributed by atoms with Gasteiger partial charge in [0.25, 0.3) is 0 Å². The molecule has 0 spiro atoms. The van der Waals surface area contributed by atoms with Crippen molar-refractivity contribution in [3.63, 3.8) is 0 Å². The smallest absolute Gasteiger partial charge is 0.186 e. The molecule has 0 radical (unpaired) electrons. The summed E-state index contributed by atoms with van der Waals surface area (Å²) in [4.78, 5) is 19.1. The van der Waals surface area contributed by atoms with E-state index >= 15 is 0 Å². The van der Waals surface area contributed by atoms with Crippen LogP contribution in [0.3, 0.4) is 0 Å². The van der Waals surface area contributed by atoms with Gasteiger partial charge in [0.15, 0.2) is 5.78 Å². The largest absolute Gasteiger partial charge is 0.292 e. The lowest BCUT2D eigenvalue weighted by molar-refractivity contribution is -0.122. The highest BCUT2D eigenvalue weighted by Crippen LogP contribution is 2.84. The van der Waals surface area contributed by atoms with E-state index in [1.54, 1.807) is 0 Å². The Labute approximate surface area is 153 Å². The Kier molecular flexibility index (Phi) is 3.55. The van der Waals surface area contributed by atoms with Crippen LogP contribution in [-0.4, -0.2) is 17.0 Å². The van der Waals surface area contributed by atoms with Gasteiger partial charge >= 0.3 is 0 Å². The van der Waals surface area contributed by atoms with E-state index in [1.165, 1.54) is 5.56 Å².